The lowest BCUT2D eigenvalue weighted by atomic mass is 10.1. The van der Waals surface area contributed by atoms with Gasteiger partial charge >= 0.3 is 12.0 Å². The Morgan fingerprint density at radius 3 is 2.71 bits per heavy atom. The molecule has 1 aliphatic heterocycles. The van der Waals surface area contributed by atoms with E-state index in [2.05, 4.69) is 15.2 Å². The highest BCUT2D eigenvalue weighted by atomic mass is 16.5. The van der Waals surface area contributed by atoms with Gasteiger partial charge in [-0.3, -0.25) is 0 Å². The highest BCUT2D eigenvalue weighted by Crippen LogP contribution is 2.32. The first-order chi connectivity index (χ1) is 11.6. The van der Waals surface area contributed by atoms with Gasteiger partial charge in [-0.2, -0.15) is 0 Å². The van der Waals surface area contributed by atoms with Crippen LogP contribution in [0.1, 0.15) is 40.7 Å². The number of amides is 2. The number of likely N-dealkylation sites (tertiary alicyclic amines) is 1. The number of urea groups is 1. The standard InChI is InChI=1S/C17H19N3O4/c1-11-10-14(19-24-11)15-4-3-9-20(15)17(22)18-13-7-5-12(6-8-13)16(21)23-2/h5-8,10,15H,3-4,9H2,1-2H3,(H,18,22)/t15-/m0/s1. The molecule has 0 radical (unpaired) electrons. The van der Waals surface area contributed by atoms with Crippen LogP contribution in [-0.4, -0.2) is 35.7 Å². The van der Waals surface area contributed by atoms with E-state index in [9.17, 15) is 9.59 Å². The highest BCUT2D eigenvalue weighted by molar-refractivity contribution is 5.92. The lowest BCUT2D eigenvalue weighted by Crippen LogP contribution is -2.34. The molecule has 0 aliphatic carbocycles. The number of aromatic nitrogens is 1. The molecule has 0 saturated carbocycles. The van der Waals surface area contributed by atoms with E-state index in [1.54, 1.807) is 29.2 Å². The largest absolute Gasteiger partial charge is 0.465 e. The number of nitrogens with zero attached hydrogens (tertiary/aromatic N) is 2. The van der Waals surface area contributed by atoms with Crippen molar-refractivity contribution in [1.29, 1.82) is 0 Å². The number of esters is 1. The van der Waals surface area contributed by atoms with Crippen molar-refractivity contribution in [3.8, 4) is 0 Å². The third-order valence-corrected chi connectivity index (χ3v) is 4.06. The van der Waals surface area contributed by atoms with Crippen LogP contribution in [0.3, 0.4) is 0 Å². The molecule has 7 nitrogen and oxygen atoms in total. The molecule has 7 heteroatoms. The minimum Gasteiger partial charge on any atom is -0.465 e. The van der Waals surface area contributed by atoms with Crippen molar-refractivity contribution in [3.63, 3.8) is 0 Å². The van der Waals surface area contributed by atoms with Crippen molar-refractivity contribution in [2.24, 2.45) is 0 Å². The van der Waals surface area contributed by atoms with Crippen molar-refractivity contribution in [1.82, 2.24) is 10.1 Å². The molecule has 1 N–H and O–H groups in total. The number of nitrogens with one attached hydrogen (secondary N) is 1. The zero-order valence-corrected chi connectivity index (χ0v) is 13.6. The third kappa shape index (κ3) is 3.24. The number of rotatable bonds is 3. The van der Waals surface area contributed by atoms with Crippen LogP contribution in [0.15, 0.2) is 34.9 Å². The average Bonchev–Trinajstić information content (AvgIpc) is 3.23. The molecule has 0 spiro atoms. The highest BCUT2D eigenvalue weighted by Gasteiger charge is 2.32. The smallest absolute Gasteiger partial charge is 0.337 e. The van der Waals surface area contributed by atoms with E-state index in [4.69, 9.17) is 4.52 Å². The lowest BCUT2D eigenvalue weighted by Gasteiger charge is -2.23. The summed E-state index contributed by atoms with van der Waals surface area (Å²) < 4.78 is 9.77. The molecule has 2 aromatic rings. The Kier molecular flexibility index (Phi) is 4.50. The SMILES string of the molecule is COC(=O)c1ccc(NC(=O)N2CCC[C@H]2c2cc(C)on2)cc1. The summed E-state index contributed by atoms with van der Waals surface area (Å²) in [6, 6.07) is 8.18. The normalized spacial score (nSPS) is 16.9. The molecule has 1 aromatic carbocycles. The minimum atomic E-state index is -0.408. The van der Waals surface area contributed by atoms with Crippen molar-refractivity contribution in [3.05, 3.63) is 47.3 Å². The second-order valence-corrected chi connectivity index (χ2v) is 5.71. The summed E-state index contributed by atoms with van der Waals surface area (Å²) in [5.41, 5.74) is 1.84. The molecular formula is C17H19N3O4. The molecule has 1 atom stereocenters. The van der Waals surface area contributed by atoms with Gasteiger partial charge in [0.1, 0.15) is 11.5 Å². The molecule has 2 heterocycles. The Labute approximate surface area is 139 Å². The number of hydrogen-bond acceptors (Lipinski definition) is 5. The fourth-order valence-electron chi connectivity index (χ4n) is 2.86. The zero-order valence-electron chi connectivity index (χ0n) is 13.6. The maximum atomic E-state index is 12.5. The molecule has 1 fully saturated rings. The molecule has 126 valence electrons. The fraction of sp³-hybridized carbons (Fsp3) is 0.353. The quantitative estimate of drug-likeness (QED) is 0.875. The number of benzene rings is 1. The van der Waals surface area contributed by atoms with Crippen molar-refractivity contribution in [2.75, 3.05) is 19.0 Å². The van der Waals surface area contributed by atoms with E-state index in [0.717, 1.165) is 24.3 Å². The van der Waals surface area contributed by atoms with Crippen LogP contribution in [0.5, 0.6) is 0 Å². The van der Waals surface area contributed by atoms with Gasteiger partial charge in [-0.1, -0.05) is 5.16 Å². The van der Waals surface area contributed by atoms with Gasteiger partial charge in [0, 0.05) is 18.3 Å². The van der Waals surface area contributed by atoms with Crippen LogP contribution >= 0.6 is 0 Å². The van der Waals surface area contributed by atoms with Crippen LogP contribution in [0, 0.1) is 6.92 Å². The number of hydrogen-bond donors (Lipinski definition) is 1. The van der Waals surface area contributed by atoms with Gasteiger partial charge in [-0.05, 0) is 44.0 Å². The van der Waals surface area contributed by atoms with Crippen molar-refractivity contribution < 1.29 is 18.8 Å². The Balaban J connectivity index is 1.68. The van der Waals surface area contributed by atoms with E-state index >= 15 is 0 Å². The van der Waals surface area contributed by atoms with Crippen LogP contribution < -0.4 is 5.32 Å². The number of ether oxygens (including phenoxy) is 1. The van der Waals surface area contributed by atoms with Crippen LogP contribution in [0.25, 0.3) is 0 Å². The van der Waals surface area contributed by atoms with Crippen LogP contribution in [-0.2, 0) is 4.74 Å². The number of methoxy groups -OCH3 is 1. The van der Waals surface area contributed by atoms with Crippen molar-refractivity contribution in [2.45, 2.75) is 25.8 Å². The molecule has 2 amide bonds. The summed E-state index contributed by atoms with van der Waals surface area (Å²) in [6.45, 7) is 2.50. The van der Waals surface area contributed by atoms with Crippen LogP contribution in [0.2, 0.25) is 0 Å². The van der Waals surface area contributed by atoms with E-state index in [1.165, 1.54) is 7.11 Å². The predicted octanol–water partition coefficient (Wildman–Crippen LogP) is 3.14. The first kappa shape index (κ1) is 16.0. The van der Waals surface area contributed by atoms with Gasteiger partial charge in [-0.15, -0.1) is 0 Å². The Morgan fingerprint density at radius 2 is 2.08 bits per heavy atom. The van der Waals surface area contributed by atoms with E-state index in [0.29, 0.717) is 17.8 Å². The zero-order chi connectivity index (χ0) is 17.1. The molecule has 1 aliphatic rings. The Bertz CT molecular complexity index is 739. The van der Waals surface area contributed by atoms with Gasteiger partial charge in [0.2, 0.25) is 0 Å². The summed E-state index contributed by atoms with van der Waals surface area (Å²) in [7, 11) is 1.33. The molecule has 0 unspecified atom stereocenters. The maximum absolute atomic E-state index is 12.5. The van der Waals surface area contributed by atoms with E-state index in [1.807, 2.05) is 13.0 Å². The molecule has 24 heavy (non-hydrogen) atoms. The summed E-state index contributed by atoms with van der Waals surface area (Å²) in [4.78, 5) is 25.7. The van der Waals surface area contributed by atoms with Crippen molar-refractivity contribution >= 4 is 17.7 Å². The molecule has 3 rings (SSSR count). The summed E-state index contributed by atoms with van der Waals surface area (Å²) in [5.74, 6) is 0.324. The van der Waals surface area contributed by atoms with Gasteiger partial charge in [0.05, 0.1) is 18.7 Å². The molecule has 0 bridgehead atoms. The number of aryl methyl sites for hydroxylation is 1. The predicted molar refractivity (Wildman–Crippen MR) is 86.7 cm³/mol. The summed E-state index contributed by atoms with van der Waals surface area (Å²) in [5, 5.41) is 6.88. The van der Waals surface area contributed by atoms with Gasteiger partial charge < -0.3 is 19.5 Å². The first-order valence-electron chi connectivity index (χ1n) is 7.77. The topological polar surface area (TPSA) is 84.7 Å². The monoisotopic (exact) mass is 329 g/mol. The van der Waals surface area contributed by atoms with Gasteiger partial charge in [0.15, 0.2) is 0 Å². The number of carbonyl (C=O) groups excluding carboxylic acids is 2. The number of carbonyl (C=O) groups is 2. The maximum Gasteiger partial charge on any atom is 0.337 e. The second-order valence-electron chi connectivity index (χ2n) is 5.71. The Hall–Kier alpha value is -2.83. The molecule has 1 aromatic heterocycles. The molecule has 1 saturated heterocycles. The fourth-order valence-corrected chi connectivity index (χ4v) is 2.86. The van der Waals surface area contributed by atoms with E-state index < -0.39 is 5.97 Å². The minimum absolute atomic E-state index is 0.0724. The molecular weight excluding hydrogens is 310 g/mol. The average molecular weight is 329 g/mol. The van der Waals surface area contributed by atoms with Gasteiger partial charge in [0.25, 0.3) is 0 Å². The second kappa shape index (κ2) is 6.74. The van der Waals surface area contributed by atoms with E-state index in [-0.39, 0.29) is 12.1 Å². The summed E-state index contributed by atoms with van der Waals surface area (Å²) in [6.07, 6.45) is 1.78. The number of anilines is 1. The van der Waals surface area contributed by atoms with Crippen LogP contribution in [0.4, 0.5) is 10.5 Å². The Morgan fingerprint density at radius 1 is 1.33 bits per heavy atom. The lowest BCUT2D eigenvalue weighted by molar-refractivity contribution is 0.0600. The van der Waals surface area contributed by atoms with Gasteiger partial charge in [-0.25, -0.2) is 9.59 Å². The summed E-state index contributed by atoms with van der Waals surface area (Å²) >= 11 is 0. The first-order valence-corrected chi connectivity index (χ1v) is 7.77. The third-order valence-electron chi connectivity index (χ3n) is 4.06.